The van der Waals surface area contributed by atoms with E-state index >= 15 is 0 Å². The van der Waals surface area contributed by atoms with Crippen molar-refractivity contribution in [1.82, 2.24) is 0 Å². The summed E-state index contributed by atoms with van der Waals surface area (Å²) in [5.74, 6) is -0.447. The van der Waals surface area contributed by atoms with E-state index in [-0.39, 0.29) is 6.42 Å². The van der Waals surface area contributed by atoms with Gasteiger partial charge in [-0.25, -0.2) is 8.42 Å². The second-order valence-electron chi connectivity index (χ2n) is 5.92. The average molecular weight is 415 g/mol. The van der Waals surface area contributed by atoms with E-state index in [0.29, 0.717) is 21.4 Å². The minimum Gasteiger partial charge on any atom is -0.324 e. The fourth-order valence-electron chi connectivity index (χ4n) is 2.57. The third kappa shape index (κ3) is 4.90. The Labute approximate surface area is 164 Å². The van der Waals surface area contributed by atoms with Crippen molar-refractivity contribution in [1.29, 1.82) is 0 Å². The number of anilines is 2. The van der Waals surface area contributed by atoms with Gasteiger partial charge in [0.1, 0.15) is 6.04 Å². The van der Waals surface area contributed by atoms with E-state index in [2.05, 4.69) is 5.32 Å². The first-order valence-corrected chi connectivity index (χ1v) is 10.6. The maximum absolute atomic E-state index is 12.8. The maximum Gasteiger partial charge on any atom is 0.248 e. The van der Waals surface area contributed by atoms with E-state index in [1.807, 2.05) is 6.92 Å². The van der Waals surface area contributed by atoms with Crippen molar-refractivity contribution in [2.24, 2.45) is 0 Å². The van der Waals surface area contributed by atoms with Crippen LogP contribution in [-0.4, -0.2) is 26.6 Å². The van der Waals surface area contributed by atoms with Crippen molar-refractivity contribution in [2.45, 2.75) is 26.3 Å². The molecular formula is C18H20Cl2N2O3S. The van der Waals surface area contributed by atoms with Gasteiger partial charge in [0.15, 0.2) is 0 Å². The van der Waals surface area contributed by atoms with Crippen molar-refractivity contribution in [3.63, 3.8) is 0 Å². The summed E-state index contributed by atoms with van der Waals surface area (Å²) in [6.07, 6.45) is 1.35. The summed E-state index contributed by atoms with van der Waals surface area (Å²) in [6.45, 7) is 3.57. The molecule has 0 spiro atoms. The Hall–Kier alpha value is -1.76. The first-order valence-electron chi connectivity index (χ1n) is 7.95. The van der Waals surface area contributed by atoms with Crippen molar-refractivity contribution in [3.05, 3.63) is 58.1 Å². The monoisotopic (exact) mass is 414 g/mol. The maximum atomic E-state index is 12.8. The Morgan fingerprint density at radius 3 is 2.42 bits per heavy atom. The first-order chi connectivity index (χ1) is 12.1. The van der Waals surface area contributed by atoms with Crippen LogP contribution in [0.25, 0.3) is 0 Å². The molecule has 5 nitrogen and oxygen atoms in total. The third-order valence-corrected chi connectivity index (χ3v) is 5.65. The molecule has 140 valence electrons. The highest BCUT2D eigenvalue weighted by Gasteiger charge is 2.31. The SMILES string of the molecule is CC[C@@H](C(=O)Nc1cccc(Cl)c1)N(c1ccc(C)c(Cl)c1)S(C)(=O)=O. The molecule has 0 heterocycles. The third-order valence-electron chi connectivity index (χ3n) is 3.83. The van der Waals surface area contributed by atoms with Gasteiger partial charge in [-0.05, 0) is 49.2 Å². The predicted molar refractivity (Wildman–Crippen MR) is 108 cm³/mol. The standard InChI is InChI=1S/C18H20Cl2N2O3S/c1-4-17(18(23)21-14-7-5-6-13(19)10-14)22(26(3,24)25)15-9-8-12(2)16(20)11-15/h5-11,17H,4H2,1-3H3,(H,21,23)/t17-/m0/s1. The Morgan fingerprint density at radius 2 is 1.88 bits per heavy atom. The van der Waals surface area contributed by atoms with Crippen LogP contribution in [0.2, 0.25) is 10.0 Å². The van der Waals surface area contributed by atoms with Gasteiger partial charge >= 0.3 is 0 Å². The van der Waals surface area contributed by atoms with Gasteiger partial charge in [-0.3, -0.25) is 9.10 Å². The zero-order valence-corrected chi connectivity index (χ0v) is 17.0. The lowest BCUT2D eigenvalue weighted by atomic mass is 10.1. The van der Waals surface area contributed by atoms with Gasteiger partial charge < -0.3 is 5.32 Å². The number of nitrogens with one attached hydrogen (secondary N) is 1. The Bertz CT molecular complexity index is 916. The summed E-state index contributed by atoms with van der Waals surface area (Å²) >= 11 is 12.1. The molecule has 0 aliphatic heterocycles. The second kappa shape index (κ2) is 8.29. The van der Waals surface area contributed by atoms with Gasteiger partial charge in [0.25, 0.3) is 0 Å². The van der Waals surface area contributed by atoms with Gasteiger partial charge in [-0.1, -0.05) is 42.3 Å². The molecule has 0 aromatic heterocycles. The average Bonchev–Trinajstić information content (AvgIpc) is 2.54. The quantitative estimate of drug-likeness (QED) is 0.756. The molecule has 2 aromatic rings. The summed E-state index contributed by atoms with van der Waals surface area (Å²) < 4.78 is 25.9. The molecular weight excluding hydrogens is 395 g/mol. The number of aryl methyl sites for hydroxylation is 1. The van der Waals surface area contributed by atoms with Crippen LogP contribution >= 0.6 is 23.2 Å². The fourth-order valence-corrected chi connectivity index (χ4v) is 4.14. The normalized spacial score (nSPS) is 12.5. The highest BCUT2D eigenvalue weighted by Crippen LogP contribution is 2.28. The number of carbonyl (C=O) groups excluding carboxylic acids is 1. The van der Waals surface area contributed by atoms with E-state index in [0.717, 1.165) is 16.1 Å². The summed E-state index contributed by atoms with van der Waals surface area (Å²) in [5.41, 5.74) is 1.66. The summed E-state index contributed by atoms with van der Waals surface area (Å²) in [5, 5.41) is 3.62. The molecule has 1 amide bonds. The van der Waals surface area contributed by atoms with Crippen molar-refractivity contribution >= 4 is 50.5 Å². The molecule has 0 aliphatic rings. The van der Waals surface area contributed by atoms with Crippen LogP contribution in [0.1, 0.15) is 18.9 Å². The van der Waals surface area contributed by atoms with Gasteiger partial charge in [0, 0.05) is 15.7 Å². The van der Waals surface area contributed by atoms with Crippen molar-refractivity contribution in [3.8, 4) is 0 Å². The minimum atomic E-state index is -3.72. The first kappa shape index (κ1) is 20.6. The summed E-state index contributed by atoms with van der Waals surface area (Å²) in [7, 11) is -3.72. The van der Waals surface area contributed by atoms with Crippen molar-refractivity contribution < 1.29 is 13.2 Å². The van der Waals surface area contributed by atoms with E-state index in [4.69, 9.17) is 23.2 Å². The molecule has 8 heteroatoms. The number of hydrogen-bond acceptors (Lipinski definition) is 3. The molecule has 2 aromatic carbocycles. The number of sulfonamides is 1. The van der Waals surface area contributed by atoms with Crippen LogP contribution in [-0.2, 0) is 14.8 Å². The molecule has 0 fully saturated rings. The molecule has 0 saturated carbocycles. The van der Waals surface area contributed by atoms with E-state index in [1.54, 1.807) is 49.4 Å². The van der Waals surface area contributed by atoms with Crippen molar-refractivity contribution in [2.75, 3.05) is 15.9 Å². The molecule has 0 bridgehead atoms. The minimum absolute atomic E-state index is 0.283. The molecule has 1 N–H and O–H groups in total. The number of halogens is 2. The number of benzene rings is 2. The molecule has 1 atom stereocenters. The van der Waals surface area contributed by atoms with Crippen LogP contribution in [0.15, 0.2) is 42.5 Å². The number of hydrogen-bond donors (Lipinski definition) is 1. The Morgan fingerprint density at radius 1 is 1.19 bits per heavy atom. The topological polar surface area (TPSA) is 66.5 Å². The number of rotatable bonds is 6. The van der Waals surface area contributed by atoms with Gasteiger partial charge in [-0.2, -0.15) is 0 Å². The summed E-state index contributed by atoms with van der Waals surface area (Å²) in [6, 6.07) is 10.6. The van der Waals surface area contributed by atoms with Crippen LogP contribution in [0.4, 0.5) is 11.4 Å². The lowest BCUT2D eigenvalue weighted by Gasteiger charge is -2.30. The smallest absolute Gasteiger partial charge is 0.248 e. The lowest BCUT2D eigenvalue weighted by Crippen LogP contribution is -2.47. The number of nitrogens with zero attached hydrogens (tertiary/aromatic N) is 1. The Kier molecular flexibility index (Phi) is 6.55. The van der Waals surface area contributed by atoms with Crippen LogP contribution in [0, 0.1) is 6.92 Å². The number of carbonyl (C=O) groups is 1. The van der Waals surface area contributed by atoms with Gasteiger partial charge in [-0.15, -0.1) is 0 Å². The van der Waals surface area contributed by atoms with Crippen LogP contribution < -0.4 is 9.62 Å². The zero-order valence-electron chi connectivity index (χ0n) is 14.7. The van der Waals surface area contributed by atoms with E-state index in [1.165, 1.54) is 0 Å². The predicted octanol–water partition coefficient (Wildman–Crippen LogP) is 4.49. The zero-order chi connectivity index (χ0) is 19.5. The molecule has 0 saturated heterocycles. The van der Waals surface area contributed by atoms with Gasteiger partial charge in [0.05, 0.1) is 11.9 Å². The highest BCUT2D eigenvalue weighted by molar-refractivity contribution is 7.92. The van der Waals surface area contributed by atoms with Gasteiger partial charge in [0.2, 0.25) is 15.9 Å². The van der Waals surface area contributed by atoms with Crippen LogP contribution in [0.5, 0.6) is 0 Å². The number of amides is 1. The molecule has 26 heavy (non-hydrogen) atoms. The lowest BCUT2D eigenvalue weighted by molar-refractivity contribution is -0.117. The molecule has 0 aliphatic carbocycles. The second-order valence-corrected chi connectivity index (χ2v) is 8.62. The van der Waals surface area contributed by atoms with E-state index in [9.17, 15) is 13.2 Å². The van der Waals surface area contributed by atoms with Crippen LogP contribution in [0.3, 0.4) is 0 Å². The van der Waals surface area contributed by atoms with E-state index < -0.39 is 22.0 Å². The molecule has 2 rings (SSSR count). The molecule has 0 unspecified atom stereocenters. The Balaban J connectivity index is 2.40. The largest absolute Gasteiger partial charge is 0.324 e. The molecule has 0 radical (unpaired) electrons. The highest BCUT2D eigenvalue weighted by atomic mass is 35.5. The fraction of sp³-hybridized carbons (Fsp3) is 0.278. The summed E-state index contributed by atoms with van der Waals surface area (Å²) in [4.78, 5) is 12.8.